The Morgan fingerprint density at radius 1 is 1.07 bits per heavy atom. The number of para-hydroxylation sites is 1. The molecule has 0 aromatic heterocycles. The zero-order valence-electron chi connectivity index (χ0n) is 15.9. The number of halogens is 3. The fourth-order valence-electron chi connectivity index (χ4n) is 3.21. The summed E-state index contributed by atoms with van der Waals surface area (Å²) in [6.07, 6.45) is -2.71. The minimum Gasteiger partial charge on any atom is -0.348 e. The van der Waals surface area contributed by atoms with E-state index in [1.807, 2.05) is 6.07 Å². The molecule has 29 heavy (non-hydrogen) atoms. The van der Waals surface area contributed by atoms with Gasteiger partial charge < -0.3 is 15.5 Å². The molecule has 1 aliphatic carbocycles. The van der Waals surface area contributed by atoms with E-state index >= 15 is 0 Å². The van der Waals surface area contributed by atoms with Crippen LogP contribution in [0.25, 0.3) is 0 Å². The van der Waals surface area contributed by atoms with Gasteiger partial charge >= 0.3 is 6.18 Å². The number of benzene rings is 2. The van der Waals surface area contributed by atoms with Gasteiger partial charge in [0.2, 0.25) is 0 Å². The van der Waals surface area contributed by atoms with E-state index in [9.17, 15) is 22.8 Å². The molecule has 0 radical (unpaired) electrons. The van der Waals surface area contributed by atoms with E-state index in [0.717, 1.165) is 24.5 Å². The molecule has 3 N–H and O–H groups in total. The summed E-state index contributed by atoms with van der Waals surface area (Å²) in [6.45, 7) is -0.163. The fourth-order valence-corrected chi connectivity index (χ4v) is 3.21. The zero-order valence-corrected chi connectivity index (χ0v) is 15.9. The van der Waals surface area contributed by atoms with Crippen molar-refractivity contribution in [3.63, 3.8) is 0 Å². The van der Waals surface area contributed by atoms with Crippen molar-refractivity contribution in [2.45, 2.75) is 31.1 Å². The maximum Gasteiger partial charge on any atom is 0.418 e. The SMILES string of the molecule is C[NH+](CC(=O)Nc1ccccc1C(F)(F)F)[C@@H](C(=O)NC1CC1)c1ccccc1. The third-order valence-electron chi connectivity index (χ3n) is 4.76. The average molecular weight is 406 g/mol. The van der Waals surface area contributed by atoms with E-state index in [-0.39, 0.29) is 24.2 Å². The Hall–Kier alpha value is -2.87. The van der Waals surface area contributed by atoms with Gasteiger partial charge in [0.1, 0.15) is 0 Å². The summed E-state index contributed by atoms with van der Waals surface area (Å²) in [5.41, 5.74) is -0.458. The number of hydrogen-bond acceptors (Lipinski definition) is 2. The second-order valence-corrected chi connectivity index (χ2v) is 7.24. The molecule has 2 aromatic rings. The second-order valence-electron chi connectivity index (χ2n) is 7.24. The normalized spacial score (nSPS) is 16.0. The summed E-state index contributed by atoms with van der Waals surface area (Å²) in [4.78, 5) is 25.8. The van der Waals surface area contributed by atoms with Crippen LogP contribution in [-0.2, 0) is 15.8 Å². The average Bonchev–Trinajstić information content (AvgIpc) is 3.46. The van der Waals surface area contributed by atoms with Gasteiger partial charge in [-0.25, -0.2) is 0 Å². The van der Waals surface area contributed by atoms with Crippen molar-refractivity contribution in [3.8, 4) is 0 Å². The molecule has 0 aliphatic heterocycles. The predicted molar refractivity (Wildman–Crippen MR) is 102 cm³/mol. The Morgan fingerprint density at radius 2 is 1.69 bits per heavy atom. The van der Waals surface area contributed by atoms with Crippen LogP contribution in [0.2, 0.25) is 0 Å². The molecule has 0 heterocycles. The van der Waals surface area contributed by atoms with E-state index in [0.29, 0.717) is 4.90 Å². The van der Waals surface area contributed by atoms with Crippen molar-refractivity contribution in [1.82, 2.24) is 5.32 Å². The maximum atomic E-state index is 13.1. The highest BCUT2D eigenvalue weighted by molar-refractivity contribution is 5.92. The molecule has 0 bridgehead atoms. The lowest BCUT2D eigenvalue weighted by Crippen LogP contribution is -3.11. The van der Waals surface area contributed by atoms with Crippen molar-refractivity contribution in [2.24, 2.45) is 0 Å². The lowest BCUT2D eigenvalue weighted by molar-refractivity contribution is -0.894. The van der Waals surface area contributed by atoms with E-state index in [2.05, 4.69) is 10.6 Å². The highest BCUT2D eigenvalue weighted by Crippen LogP contribution is 2.34. The Labute approximate surface area is 166 Å². The molecule has 8 heteroatoms. The third-order valence-corrected chi connectivity index (χ3v) is 4.76. The first-order chi connectivity index (χ1) is 13.8. The third kappa shape index (κ3) is 5.57. The smallest absolute Gasteiger partial charge is 0.348 e. The van der Waals surface area contributed by atoms with Gasteiger partial charge in [0.05, 0.1) is 18.3 Å². The summed E-state index contributed by atoms with van der Waals surface area (Å²) in [5, 5.41) is 5.28. The summed E-state index contributed by atoms with van der Waals surface area (Å²) >= 11 is 0. The van der Waals surface area contributed by atoms with E-state index in [1.54, 1.807) is 31.3 Å². The zero-order chi connectivity index (χ0) is 21.0. The van der Waals surface area contributed by atoms with Crippen LogP contribution in [0, 0.1) is 0 Å². The summed E-state index contributed by atoms with van der Waals surface area (Å²) < 4.78 is 39.4. The Kier molecular flexibility index (Phi) is 6.22. The van der Waals surface area contributed by atoms with Crippen molar-refractivity contribution >= 4 is 17.5 Å². The topological polar surface area (TPSA) is 62.6 Å². The van der Waals surface area contributed by atoms with Crippen molar-refractivity contribution in [1.29, 1.82) is 0 Å². The quantitative estimate of drug-likeness (QED) is 0.660. The predicted octanol–water partition coefficient (Wildman–Crippen LogP) is 2.18. The molecule has 3 rings (SSSR count). The molecule has 1 unspecified atom stereocenters. The van der Waals surface area contributed by atoms with Crippen LogP contribution in [0.15, 0.2) is 54.6 Å². The standard InChI is InChI=1S/C21H22F3N3O2/c1-27(13-18(28)26-17-10-6-5-9-16(17)21(22,23)24)19(14-7-3-2-4-8-14)20(29)25-15-11-12-15/h2-10,15,19H,11-13H2,1H3,(H,25,29)(H,26,28)/p+1/t19-/m1/s1. The van der Waals surface area contributed by atoms with Crippen molar-refractivity contribution in [2.75, 3.05) is 18.9 Å². The van der Waals surface area contributed by atoms with Gasteiger partial charge in [0.15, 0.2) is 12.6 Å². The number of amides is 2. The van der Waals surface area contributed by atoms with Crippen LogP contribution in [0.5, 0.6) is 0 Å². The summed E-state index contributed by atoms with van der Waals surface area (Å²) in [5.74, 6) is -0.793. The molecule has 5 nitrogen and oxygen atoms in total. The van der Waals surface area contributed by atoms with Gasteiger partial charge in [-0.3, -0.25) is 9.59 Å². The number of hydrogen-bond donors (Lipinski definition) is 3. The number of carbonyl (C=O) groups is 2. The molecule has 0 saturated heterocycles. The Morgan fingerprint density at radius 3 is 2.31 bits per heavy atom. The molecule has 1 fully saturated rings. The molecular formula is C21H23F3N3O2+. The number of alkyl halides is 3. The van der Waals surface area contributed by atoms with Crippen LogP contribution in [-0.4, -0.2) is 31.4 Å². The first kappa shape index (κ1) is 20.9. The Bertz CT molecular complexity index is 867. The lowest BCUT2D eigenvalue weighted by Gasteiger charge is -2.24. The number of carbonyl (C=O) groups excluding carboxylic acids is 2. The molecule has 154 valence electrons. The molecule has 2 atom stereocenters. The first-order valence-electron chi connectivity index (χ1n) is 9.39. The molecule has 2 amide bonds. The minimum absolute atomic E-state index is 0.161. The number of anilines is 1. The van der Waals surface area contributed by atoms with Gasteiger partial charge in [0, 0.05) is 11.6 Å². The first-order valence-corrected chi connectivity index (χ1v) is 9.39. The number of quaternary nitrogens is 1. The van der Waals surface area contributed by atoms with Gasteiger partial charge in [0.25, 0.3) is 11.8 Å². The summed E-state index contributed by atoms with van der Waals surface area (Å²) in [7, 11) is 1.68. The van der Waals surface area contributed by atoms with Crippen LogP contribution >= 0.6 is 0 Å². The van der Waals surface area contributed by atoms with Crippen molar-refractivity contribution in [3.05, 3.63) is 65.7 Å². The Balaban J connectivity index is 1.73. The van der Waals surface area contributed by atoms with E-state index < -0.39 is 23.7 Å². The van der Waals surface area contributed by atoms with E-state index in [1.165, 1.54) is 18.2 Å². The number of nitrogens with one attached hydrogen (secondary N) is 3. The maximum absolute atomic E-state index is 13.1. The second kappa shape index (κ2) is 8.65. The van der Waals surface area contributed by atoms with Gasteiger partial charge in [-0.05, 0) is 25.0 Å². The van der Waals surface area contributed by atoms with E-state index in [4.69, 9.17) is 0 Å². The van der Waals surface area contributed by atoms with Crippen LogP contribution in [0.4, 0.5) is 18.9 Å². The molecule has 2 aromatic carbocycles. The van der Waals surface area contributed by atoms with Crippen molar-refractivity contribution < 1.29 is 27.7 Å². The highest BCUT2D eigenvalue weighted by atomic mass is 19.4. The molecular weight excluding hydrogens is 383 g/mol. The monoisotopic (exact) mass is 406 g/mol. The van der Waals surface area contributed by atoms with Crippen LogP contribution in [0.3, 0.4) is 0 Å². The lowest BCUT2D eigenvalue weighted by atomic mass is 10.0. The van der Waals surface area contributed by atoms with Gasteiger partial charge in [-0.2, -0.15) is 13.2 Å². The number of rotatable bonds is 7. The fraction of sp³-hybridized carbons (Fsp3) is 0.333. The minimum atomic E-state index is -4.57. The van der Waals surface area contributed by atoms with Gasteiger partial charge in [-0.1, -0.05) is 42.5 Å². The summed E-state index contributed by atoms with van der Waals surface area (Å²) in [6, 6.07) is 13.4. The highest BCUT2D eigenvalue weighted by Gasteiger charge is 2.36. The molecule has 0 spiro atoms. The molecule has 1 saturated carbocycles. The van der Waals surface area contributed by atoms with Gasteiger partial charge in [-0.15, -0.1) is 0 Å². The van der Waals surface area contributed by atoms with Crippen LogP contribution < -0.4 is 15.5 Å². The molecule has 1 aliphatic rings. The largest absolute Gasteiger partial charge is 0.418 e. The number of likely N-dealkylation sites (N-methyl/N-ethyl adjacent to an activating group) is 1. The van der Waals surface area contributed by atoms with Crippen LogP contribution in [0.1, 0.15) is 30.0 Å².